The average Bonchev–Trinajstić information content (AvgIpc) is 2.51. The predicted octanol–water partition coefficient (Wildman–Crippen LogP) is 3.56. The quantitative estimate of drug-likeness (QED) is 0.851. The van der Waals surface area contributed by atoms with E-state index in [0.717, 1.165) is 5.56 Å². The molecule has 114 valence electrons. The topological polar surface area (TPSA) is 51.2 Å². The van der Waals surface area contributed by atoms with Gasteiger partial charge in [0.15, 0.2) is 9.84 Å². The third-order valence-corrected chi connectivity index (χ3v) is 6.70. The van der Waals surface area contributed by atoms with Crippen molar-refractivity contribution < 1.29 is 13.2 Å². The van der Waals surface area contributed by atoms with Crippen molar-refractivity contribution >= 4 is 15.6 Å². The number of aryl methyl sites for hydroxylation is 1. The summed E-state index contributed by atoms with van der Waals surface area (Å²) >= 11 is 0. The van der Waals surface area contributed by atoms with Crippen molar-refractivity contribution in [3.05, 3.63) is 71.3 Å². The van der Waals surface area contributed by atoms with Crippen LogP contribution in [-0.4, -0.2) is 14.2 Å². The van der Waals surface area contributed by atoms with Gasteiger partial charge in [-0.25, -0.2) is 8.42 Å². The third-order valence-electron chi connectivity index (χ3n) is 4.24. The Balaban J connectivity index is 2.04. The monoisotopic (exact) mass is 314 g/mol. The molecule has 0 amide bonds. The maximum Gasteiger partial charge on any atom is 0.165 e. The lowest BCUT2D eigenvalue weighted by atomic mass is 10.00. The number of rotatable bonds is 2. The van der Waals surface area contributed by atoms with Gasteiger partial charge in [0.25, 0.3) is 0 Å². The van der Waals surface area contributed by atoms with Crippen LogP contribution in [0.25, 0.3) is 0 Å². The summed E-state index contributed by atoms with van der Waals surface area (Å²) < 4.78 is 26.0. The van der Waals surface area contributed by atoms with Gasteiger partial charge in [0.1, 0.15) is 5.78 Å². The SMILES string of the molecule is Cc1ccc(C2CC(=O)CC(c3ccccc3)S2(=O)=O)cc1. The number of hydrogen-bond acceptors (Lipinski definition) is 3. The van der Waals surface area contributed by atoms with Gasteiger partial charge in [0, 0.05) is 12.8 Å². The number of hydrogen-bond donors (Lipinski definition) is 0. The molecule has 1 aliphatic rings. The highest BCUT2D eigenvalue weighted by atomic mass is 32.2. The van der Waals surface area contributed by atoms with Crippen molar-refractivity contribution in [1.82, 2.24) is 0 Å². The number of ketones is 1. The highest BCUT2D eigenvalue weighted by Gasteiger charge is 2.42. The fourth-order valence-corrected chi connectivity index (χ4v) is 5.30. The van der Waals surface area contributed by atoms with Crippen molar-refractivity contribution in [2.45, 2.75) is 30.3 Å². The minimum Gasteiger partial charge on any atom is -0.300 e. The molecule has 4 heteroatoms. The summed E-state index contributed by atoms with van der Waals surface area (Å²) in [4.78, 5) is 12.1. The number of carbonyl (C=O) groups is 1. The molecule has 3 nitrogen and oxygen atoms in total. The molecular weight excluding hydrogens is 296 g/mol. The molecule has 0 radical (unpaired) electrons. The first kappa shape index (κ1) is 15.0. The van der Waals surface area contributed by atoms with E-state index >= 15 is 0 Å². The zero-order valence-electron chi connectivity index (χ0n) is 12.4. The van der Waals surface area contributed by atoms with Gasteiger partial charge in [-0.1, -0.05) is 60.2 Å². The van der Waals surface area contributed by atoms with E-state index in [2.05, 4.69) is 0 Å². The molecule has 2 atom stereocenters. The van der Waals surface area contributed by atoms with E-state index in [1.807, 2.05) is 49.4 Å². The summed E-state index contributed by atoms with van der Waals surface area (Å²) in [6.45, 7) is 1.96. The van der Waals surface area contributed by atoms with Crippen LogP contribution < -0.4 is 0 Å². The molecule has 1 fully saturated rings. The van der Waals surface area contributed by atoms with E-state index in [-0.39, 0.29) is 18.6 Å². The second-order valence-corrected chi connectivity index (χ2v) is 8.15. The molecule has 0 saturated carbocycles. The van der Waals surface area contributed by atoms with Crippen LogP contribution in [0, 0.1) is 6.92 Å². The first-order valence-corrected chi connectivity index (χ1v) is 8.95. The molecular formula is C18H18O3S. The van der Waals surface area contributed by atoms with Gasteiger partial charge in [-0.15, -0.1) is 0 Å². The number of Topliss-reactive ketones (excluding diaryl/α,β-unsaturated/α-hetero) is 1. The Morgan fingerprint density at radius 2 is 1.32 bits per heavy atom. The molecule has 1 saturated heterocycles. The molecule has 2 unspecified atom stereocenters. The Kier molecular flexibility index (Phi) is 3.87. The summed E-state index contributed by atoms with van der Waals surface area (Å²) in [5.41, 5.74) is 2.48. The summed E-state index contributed by atoms with van der Waals surface area (Å²) in [6, 6.07) is 16.5. The summed E-state index contributed by atoms with van der Waals surface area (Å²) in [6.07, 6.45) is 0.156. The summed E-state index contributed by atoms with van der Waals surface area (Å²) in [5, 5.41) is -1.47. The molecule has 22 heavy (non-hydrogen) atoms. The highest BCUT2D eigenvalue weighted by molar-refractivity contribution is 7.92. The second-order valence-electron chi connectivity index (χ2n) is 5.83. The van der Waals surface area contributed by atoms with Crippen molar-refractivity contribution in [1.29, 1.82) is 0 Å². The van der Waals surface area contributed by atoms with Gasteiger partial charge in [0.2, 0.25) is 0 Å². The minimum atomic E-state index is -3.44. The Labute approximate surface area is 130 Å². The van der Waals surface area contributed by atoms with E-state index in [1.54, 1.807) is 12.1 Å². The molecule has 2 aromatic rings. The number of benzene rings is 2. The van der Waals surface area contributed by atoms with Gasteiger partial charge in [0.05, 0.1) is 10.5 Å². The van der Waals surface area contributed by atoms with Gasteiger partial charge in [-0.05, 0) is 18.1 Å². The number of carbonyl (C=O) groups excluding carboxylic acids is 1. The summed E-state index contributed by atoms with van der Waals surface area (Å²) in [7, 11) is -3.44. The first-order chi connectivity index (χ1) is 10.5. The second kappa shape index (κ2) is 5.69. The average molecular weight is 314 g/mol. The van der Waals surface area contributed by atoms with E-state index in [0.29, 0.717) is 11.1 Å². The maximum absolute atomic E-state index is 13.0. The molecule has 3 rings (SSSR count). The summed E-state index contributed by atoms with van der Waals surface area (Å²) in [5.74, 6) is 0.00857. The van der Waals surface area contributed by atoms with Crippen LogP contribution in [0.1, 0.15) is 40.0 Å². The van der Waals surface area contributed by atoms with Crippen molar-refractivity contribution in [2.75, 3.05) is 0 Å². The first-order valence-electron chi connectivity index (χ1n) is 7.34. The van der Waals surface area contributed by atoms with Crippen molar-refractivity contribution in [3.63, 3.8) is 0 Å². The number of sulfone groups is 1. The molecule has 1 heterocycles. The molecule has 0 aliphatic carbocycles. The van der Waals surface area contributed by atoms with Crippen LogP contribution in [0.15, 0.2) is 54.6 Å². The zero-order valence-corrected chi connectivity index (χ0v) is 13.2. The normalized spacial score (nSPS) is 24.1. The Hall–Kier alpha value is -1.94. The van der Waals surface area contributed by atoms with Crippen LogP contribution in [0.3, 0.4) is 0 Å². The van der Waals surface area contributed by atoms with Crippen molar-refractivity contribution in [2.24, 2.45) is 0 Å². The van der Waals surface area contributed by atoms with E-state index in [1.165, 1.54) is 0 Å². The minimum absolute atomic E-state index is 0.00857. The Morgan fingerprint density at radius 3 is 1.86 bits per heavy atom. The highest BCUT2D eigenvalue weighted by Crippen LogP contribution is 2.43. The smallest absolute Gasteiger partial charge is 0.165 e. The van der Waals surface area contributed by atoms with Gasteiger partial charge in [-0.3, -0.25) is 4.79 Å². The lowest BCUT2D eigenvalue weighted by Crippen LogP contribution is -2.30. The van der Waals surface area contributed by atoms with Gasteiger partial charge in [-0.2, -0.15) is 0 Å². The van der Waals surface area contributed by atoms with E-state index in [4.69, 9.17) is 0 Å². The van der Waals surface area contributed by atoms with Crippen LogP contribution in [0.2, 0.25) is 0 Å². The fraction of sp³-hybridized carbons (Fsp3) is 0.278. The van der Waals surface area contributed by atoms with Crippen LogP contribution in [0.5, 0.6) is 0 Å². The largest absolute Gasteiger partial charge is 0.300 e. The van der Waals surface area contributed by atoms with E-state index < -0.39 is 20.3 Å². The Bertz CT molecular complexity index is 777. The lowest BCUT2D eigenvalue weighted by Gasteiger charge is -2.29. The zero-order chi connectivity index (χ0) is 15.7. The lowest BCUT2D eigenvalue weighted by molar-refractivity contribution is -0.119. The van der Waals surface area contributed by atoms with Gasteiger partial charge >= 0.3 is 0 Å². The molecule has 0 N–H and O–H groups in total. The standard InChI is InChI=1S/C18H18O3S/c1-13-7-9-15(10-8-13)18-12-16(19)11-17(22(18,20)21)14-5-3-2-4-6-14/h2-10,17-18H,11-12H2,1H3. The Morgan fingerprint density at radius 1 is 0.818 bits per heavy atom. The van der Waals surface area contributed by atoms with E-state index in [9.17, 15) is 13.2 Å². The van der Waals surface area contributed by atoms with Crippen LogP contribution >= 0.6 is 0 Å². The fourth-order valence-electron chi connectivity index (χ4n) is 2.99. The van der Waals surface area contributed by atoms with Gasteiger partial charge < -0.3 is 0 Å². The predicted molar refractivity (Wildman–Crippen MR) is 86.3 cm³/mol. The maximum atomic E-state index is 13.0. The van der Waals surface area contributed by atoms with Crippen molar-refractivity contribution in [3.8, 4) is 0 Å². The third kappa shape index (κ3) is 2.71. The van der Waals surface area contributed by atoms with Crippen LogP contribution in [0.4, 0.5) is 0 Å². The molecule has 0 spiro atoms. The molecule has 2 aromatic carbocycles. The van der Waals surface area contributed by atoms with Crippen LogP contribution in [-0.2, 0) is 14.6 Å². The molecule has 0 aromatic heterocycles. The molecule has 0 bridgehead atoms. The molecule has 1 aliphatic heterocycles.